The van der Waals surface area contributed by atoms with E-state index in [4.69, 9.17) is 37.8 Å². The highest BCUT2D eigenvalue weighted by atomic mass is 35.5. The largest absolute Gasteiger partial charge is 0.488 e. The number of aliphatic carboxylic acids is 1. The van der Waals surface area contributed by atoms with E-state index in [0.717, 1.165) is 0 Å². The SMILES string of the molecule is O=C(O)C(Cl)=C(OCCOc1ccccc1Cl)c1ccccc1. The van der Waals surface area contributed by atoms with Gasteiger partial charge in [0.25, 0.3) is 0 Å². The average molecular weight is 353 g/mol. The Hall–Kier alpha value is -2.17. The van der Waals surface area contributed by atoms with Crippen LogP contribution in [0.2, 0.25) is 5.02 Å². The standard InChI is InChI=1S/C17H14Cl2O4/c18-13-8-4-5-9-14(13)22-10-11-23-16(15(19)17(20)21)12-6-2-1-3-7-12/h1-9H,10-11H2,(H,20,21). The van der Waals surface area contributed by atoms with Gasteiger partial charge in [0, 0.05) is 5.56 Å². The summed E-state index contributed by atoms with van der Waals surface area (Å²) in [6.45, 7) is 0.322. The van der Waals surface area contributed by atoms with Crippen LogP contribution in [-0.4, -0.2) is 24.3 Å². The molecule has 1 N–H and O–H groups in total. The molecule has 0 atom stereocenters. The van der Waals surface area contributed by atoms with Crippen molar-refractivity contribution in [1.29, 1.82) is 0 Å². The van der Waals surface area contributed by atoms with Crippen molar-refractivity contribution in [2.45, 2.75) is 0 Å². The van der Waals surface area contributed by atoms with E-state index in [2.05, 4.69) is 0 Å². The number of carboxylic acids is 1. The first kappa shape index (κ1) is 17.2. The van der Waals surface area contributed by atoms with Crippen molar-refractivity contribution >= 4 is 34.9 Å². The highest BCUT2D eigenvalue weighted by Crippen LogP contribution is 2.25. The Morgan fingerprint density at radius 1 is 1.00 bits per heavy atom. The van der Waals surface area contributed by atoms with E-state index in [1.807, 2.05) is 6.07 Å². The average Bonchev–Trinajstić information content (AvgIpc) is 2.56. The van der Waals surface area contributed by atoms with Crippen LogP contribution in [0.25, 0.3) is 5.76 Å². The molecular weight excluding hydrogens is 339 g/mol. The summed E-state index contributed by atoms with van der Waals surface area (Å²) in [5.74, 6) is -0.618. The number of carbonyl (C=O) groups is 1. The lowest BCUT2D eigenvalue weighted by atomic mass is 10.2. The molecule has 4 nitrogen and oxygen atoms in total. The molecule has 0 spiro atoms. The van der Waals surface area contributed by atoms with Gasteiger partial charge in [0.2, 0.25) is 0 Å². The van der Waals surface area contributed by atoms with Crippen molar-refractivity contribution in [2.24, 2.45) is 0 Å². The van der Waals surface area contributed by atoms with Crippen LogP contribution in [-0.2, 0) is 9.53 Å². The van der Waals surface area contributed by atoms with Gasteiger partial charge in [-0.05, 0) is 12.1 Å². The maximum absolute atomic E-state index is 11.1. The topological polar surface area (TPSA) is 55.8 Å². The Morgan fingerprint density at radius 3 is 2.30 bits per heavy atom. The molecule has 2 rings (SSSR count). The highest BCUT2D eigenvalue weighted by Gasteiger charge is 2.15. The third kappa shape index (κ3) is 4.91. The van der Waals surface area contributed by atoms with Gasteiger partial charge in [-0.15, -0.1) is 0 Å². The van der Waals surface area contributed by atoms with Crippen molar-refractivity contribution in [1.82, 2.24) is 0 Å². The first-order valence-electron chi connectivity index (χ1n) is 6.78. The van der Waals surface area contributed by atoms with Gasteiger partial charge < -0.3 is 14.6 Å². The number of para-hydroxylation sites is 1. The number of rotatable bonds is 7. The maximum atomic E-state index is 11.1. The second-order valence-corrected chi connectivity index (χ2v) is 5.23. The Bertz CT molecular complexity index is 699. The summed E-state index contributed by atoms with van der Waals surface area (Å²) in [7, 11) is 0. The van der Waals surface area contributed by atoms with E-state index in [1.165, 1.54) is 0 Å². The summed E-state index contributed by atoms with van der Waals surface area (Å²) in [6.07, 6.45) is 0. The number of carboxylic acid groups (broad SMARTS) is 1. The van der Waals surface area contributed by atoms with E-state index in [9.17, 15) is 4.79 Å². The second kappa shape index (κ2) is 8.46. The van der Waals surface area contributed by atoms with E-state index in [0.29, 0.717) is 16.3 Å². The predicted octanol–water partition coefficient (Wildman–Crippen LogP) is 4.43. The molecule has 0 aliphatic heterocycles. The van der Waals surface area contributed by atoms with Gasteiger partial charge in [0.15, 0.2) is 10.8 Å². The molecule has 0 amide bonds. The summed E-state index contributed by atoms with van der Waals surface area (Å²) >= 11 is 11.8. The fourth-order valence-electron chi connectivity index (χ4n) is 1.82. The lowest BCUT2D eigenvalue weighted by molar-refractivity contribution is -0.131. The van der Waals surface area contributed by atoms with Crippen molar-refractivity contribution in [3.63, 3.8) is 0 Å². The molecule has 23 heavy (non-hydrogen) atoms. The molecular formula is C17H14Cl2O4. The molecule has 0 fully saturated rings. The fraction of sp³-hybridized carbons (Fsp3) is 0.118. The summed E-state index contributed by atoms with van der Waals surface area (Å²) < 4.78 is 11.0. The van der Waals surface area contributed by atoms with Crippen LogP contribution in [0.15, 0.2) is 59.6 Å². The molecule has 0 aromatic heterocycles. The van der Waals surface area contributed by atoms with E-state index >= 15 is 0 Å². The molecule has 0 heterocycles. The monoisotopic (exact) mass is 352 g/mol. The molecule has 2 aromatic rings. The zero-order valence-corrected chi connectivity index (χ0v) is 13.6. The number of hydrogen-bond acceptors (Lipinski definition) is 3. The zero-order chi connectivity index (χ0) is 16.7. The molecule has 2 aromatic carbocycles. The Labute approximate surface area is 143 Å². The van der Waals surface area contributed by atoms with Crippen LogP contribution in [0.4, 0.5) is 0 Å². The van der Waals surface area contributed by atoms with Crippen molar-refractivity contribution in [3.8, 4) is 5.75 Å². The van der Waals surface area contributed by atoms with Gasteiger partial charge >= 0.3 is 5.97 Å². The third-order valence-electron chi connectivity index (χ3n) is 2.85. The maximum Gasteiger partial charge on any atom is 0.351 e. The summed E-state index contributed by atoms with van der Waals surface area (Å²) in [5.41, 5.74) is 0.581. The van der Waals surface area contributed by atoms with Gasteiger partial charge in [-0.3, -0.25) is 0 Å². The number of ether oxygens (including phenoxy) is 2. The van der Waals surface area contributed by atoms with Gasteiger partial charge in [0.05, 0.1) is 5.02 Å². The molecule has 6 heteroatoms. The fourth-order valence-corrected chi connectivity index (χ4v) is 2.17. The van der Waals surface area contributed by atoms with Crippen LogP contribution < -0.4 is 4.74 Å². The quantitative estimate of drug-likeness (QED) is 0.455. The third-order valence-corrected chi connectivity index (χ3v) is 3.49. The van der Waals surface area contributed by atoms with Gasteiger partial charge in [-0.1, -0.05) is 65.7 Å². The Kier molecular flexibility index (Phi) is 6.32. The molecule has 0 bridgehead atoms. The Morgan fingerprint density at radius 2 is 1.65 bits per heavy atom. The molecule has 0 saturated carbocycles. The lowest BCUT2D eigenvalue weighted by Crippen LogP contribution is -2.09. The molecule has 120 valence electrons. The summed E-state index contributed by atoms with van der Waals surface area (Å²) in [6, 6.07) is 15.8. The number of halogens is 2. The first-order chi connectivity index (χ1) is 11.1. The van der Waals surface area contributed by atoms with E-state index in [-0.39, 0.29) is 24.0 Å². The van der Waals surface area contributed by atoms with Gasteiger partial charge in [0.1, 0.15) is 19.0 Å². The predicted molar refractivity (Wildman–Crippen MR) is 89.7 cm³/mol. The second-order valence-electron chi connectivity index (χ2n) is 4.44. The zero-order valence-electron chi connectivity index (χ0n) is 12.0. The Balaban J connectivity index is 2.01. The first-order valence-corrected chi connectivity index (χ1v) is 7.54. The smallest absolute Gasteiger partial charge is 0.351 e. The summed E-state index contributed by atoms with van der Waals surface area (Å²) in [4.78, 5) is 11.1. The molecule has 0 radical (unpaired) electrons. The minimum Gasteiger partial charge on any atom is -0.488 e. The van der Waals surface area contributed by atoms with Gasteiger partial charge in [-0.2, -0.15) is 0 Å². The minimum atomic E-state index is -1.25. The van der Waals surface area contributed by atoms with Gasteiger partial charge in [-0.25, -0.2) is 4.79 Å². The van der Waals surface area contributed by atoms with E-state index < -0.39 is 5.97 Å². The molecule has 0 saturated heterocycles. The van der Waals surface area contributed by atoms with Crippen molar-refractivity contribution in [2.75, 3.05) is 13.2 Å². The normalized spacial score (nSPS) is 11.6. The molecule has 0 aliphatic carbocycles. The lowest BCUT2D eigenvalue weighted by Gasteiger charge is -2.13. The molecule has 0 unspecified atom stereocenters. The van der Waals surface area contributed by atoms with Crippen LogP contribution in [0.1, 0.15) is 5.56 Å². The molecule has 0 aliphatic rings. The van der Waals surface area contributed by atoms with Crippen molar-refractivity contribution in [3.05, 3.63) is 70.2 Å². The van der Waals surface area contributed by atoms with Crippen molar-refractivity contribution < 1.29 is 19.4 Å². The van der Waals surface area contributed by atoms with Crippen LogP contribution in [0.3, 0.4) is 0 Å². The van der Waals surface area contributed by atoms with Crippen LogP contribution in [0, 0.1) is 0 Å². The number of hydrogen-bond donors (Lipinski definition) is 1. The minimum absolute atomic E-state index is 0.0996. The highest BCUT2D eigenvalue weighted by molar-refractivity contribution is 6.43. The number of benzene rings is 2. The van der Waals surface area contributed by atoms with Crippen LogP contribution >= 0.6 is 23.2 Å². The summed E-state index contributed by atoms with van der Waals surface area (Å²) in [5, 5.41) is 9.18. The van der Waals surface area contributed by atoms with Crippen LogP contribution in [0.5, 0.6) is 5.75 Å². The van der Waals surface area contributed by atoms with E-state index in [1.54, 1.807) is 48.5 Å².